The molecule has 0 radical (unpaired) electrons. The Balaban J connectivity index is 1.78. The number of H-pyrrole nitrogens is 1. The first kappa shape index (κ1) is 18.3. The molecule has 0 amide bonds. The molecule has 1 unspecified atom stereocenters. The smallest absolute Gasteiger partial charge is 0.248 e. The minimum Gasteiger partial charge on any atom is -0.369 e. The standard InChI is InChI=1S/C23H22N6O/c1-14(16-6-4-3-5-7-16)26-21-19-13-18(17-8-9-24-20(30)12-17)22-25-10-11-29(22)23(19)28-15(2)27-21/h3-9,12-14,25H,10-11H2,1-2H3,(H,24,30). The number of rotatable bonds is 3. The summed E-state index contributed by atoms with van der Waals surface area (Å²) >= 11 is 0. The van der Waals surface area contributed by atoms with Crippen molar-refractivity contribution < 1.29 is 0 Å². The quantitative estimate of drug-likeness (QED) is 0.555. The Morgan fingerprint density at radius 1 is 1.10 bits per heavy atom. The van der Waals surface area contributed by atoms with Gasteiger partial charge in [-0.25, -0.2) is 9.97 Å². The van der Waals surface area contributed by atoms with Crippen LogP contribution < -0.4 is 16.4 Å². The second kappa shape index (κ2) is 7.26. The second-order valence-electron chi connectivity index (χ2n) is 7.47. The maximum absolute atomic E-state index is 11.9. The van der Waals surface area contributed by atoms with Crippen molar-refractivity contribution in [3.63, 3.8) is 0 Å². The molecule has 0 saturated carbocycles. The van der Waals surface area contributed by atoms with Gasteiger partial charge in [-0.1, -0.05) is 30.3 Å². The lowest BCUT2D eigenvalue weighted by Gasteiger charge is -2.18. The predicted molar refractivity (Wildman–Crippen MR) is 116 cm³/mol. The lowest BCUT2D eigenvalue weighted by molar-refractivity contribution is 0.749. The Morgan fingerprint density at radius 3 is 2.73 bits per heavy atom. The van der Waals surface area contributed by atoms with Gasteiger partial charge in [0.05, 0.1) is 11.6 Å². The highest BCUT2D eigenvalue weighted by Crippen LogP contribution is 2.35. The number of aromatic amines is 1. The first-order valence-electron chi connectivity index (χ1n) is 10.0. The van der Waals surface area contributed by atoms with Crippen LogP contribution in [0.1, 0.15) is 24.4 Å². The molecule has 0 aliphatic carbocycles. The zero-order valence-electron chi connectivity index (χ0n) is 16.9. The highest BCUT2D eigenvalue weighted by Gasteiger charge is 2.24. The summed E-state index contributed by atoms with van der Waals surface area (Å²) in [6.45, 7) is 5.57. The van der Waals surface area contributed by atoms with Gasteiger partial charge in [-0.05, 0) is 37.1 Å². The van der Waals surface area contributed by atoms with E-state index >= 15 is 0 Å². The van der Waals surface area contributed by atoms with Crippen LogP contribution >= 0.6 is 0 Å². The van der Waals surface area contributed by atoms with E-state index in [1.54, 1.807) is 12.3 Å². The van der Waals surface area contributed by atoms with Crippen molar-refractivity contribution in [1.82, 2.24) is 19.5 Å². The normalized spacial score (nSPS) is 14.5. The first-order valence-corrected chi connectivity index (χ1v) is 10.0. The van der Waals surface area contributed by atoms with Crippen molar-refractivity contribution in [2.45, 2.75) is 26.4 Å². The summed E-state index contributed by atoms with van der Waals surface area (Å²) in [7, 11) is 0. The second-order valence-corrected chi connectivity index (χ2v) is 7.47. The summed E-state index contributed by atoms with van der Waals surface area (Å²) < 4.78 is 2.16. The van der Waals surface area contributed by atoms with Crippen molar-refractivity contribution in [1.29, 1.82) is 0 Å². The van der Waals surface area contributed by atoms with Crippen LogP contribution in [0.4, 0.5) is 5.82 Å². The fourth-order valence-corrected chi connectivity index (χ4v) is 3.97. The molecule has 2 aromatic rings. The predicted octanol–water partition coefficient (Wildman–Crippen LogP) is 3.13. The van der Waals surface area contributed by atoms with E-state index in [1.165, 1.54) is 0 Å². The molecule has 1 aromatic heterocycles. The Bertz CT molecular complexity index is 1320. The molecule has 0 bridgehead atoms. The molecule has 3 aliphatic heterocycles. The third kappa shape index (κ3) is 3.18. The molecule has 1 atom stereocenters. The molecule has 0 fully saturated rings. The fourth-order valence-electron chi connectivity index (χ4n) is 3.97. The number of fused-ring (bicyclic) bond motifs is 3. The van der Waals surface area contributed by atoms with E-state index in [-0.39, 0.29) is 11.6 Å². The highest BCUT2D eigenvalue weighted by molar-refractivity contribution is 5.82. The van der Waals surface area contributed by atoms with E-state index in [9.17, 15) is 4.79 Å². The van der Waals surface area contributed by atoms with Crippen LogP contribution in [0, 0.1) is 6.92 Å². The highest BCUT2D eigenvalue weighted by atomic mass is 16.1. The van der Waals surface area contributed by atoms with Crippen molar-refractivity contribution in [3.8, 4) is 22.5 Å². The average molecular weight is 398 g/mol. The van der Waals surface area contributed by atoms with Crippen molar-refractivity contribution in [2.75, 3.05) is 11.9 Å². The summed E-state index contributed by atoms with van der Waals surface area (Å²) in [4.78, 5) is 28.9. The summed E-state index contributed by atoms with van der Waals surface area (Å²) in [5.74, 6) is 2.51. The molecule has 150 valence electrons. The zero-order valence-corrected chi connectivity index (χ0v) is 16.9. The Kier molecular flexibility index (Phi) is 4.43. The molecule has 7 heteroatoms. The molecule has 4 heterocycles. The lowest BCUT2D eigenvalue weighted by atomic mass is 10.0. The van der Waals surface area contributed by atoms with E-state index in [0.717, 1.165) is 47.0 Å². The van der Waals surface area contributed by atoms with E-state index in [1.807, 2.05) is 37.3 Å². The number of aryl methyl sites for hydroxylation is 1. The van der Waals surface area contributed by atoms with Crippen molar-refractivity contribution in [3.05, 3.63) is 82.0 Å². The van der Waals surface area contributed by atoms with Crippen LogP contribution in [0.25, 0.3) is 22.5 Å². The maximum atomic E-state index is 11.9. The monoisotopic (exact) mass is 398 g/mol. The molecule has 30 heavy (non-hydrogen) atoms. The van der Waals surface area contributed by atoms with Crippen LogP contribution in [0.2, 0.25) is 0 Å². The topological polar surface area (TPSA) is 88.0 Å². The molecular formula is C23H22N6O. The Hall–Kier alpha value is -3.74. The molecular weight excluding hydrogens is 376 g/mol. The summed E-state index contributed by atoms with van der Waals surface area (Å²) in [5, 5.41) is 3.44. The van der Waals surface area contributed by atoms with E-state index < -0.39 is 0 Å². The van der Waals surface area contributed by atoms with Gasteiger partial charge in [-0.3, -0.25) is 9.79 Å². The number of anilines is 1. The largest absolute Gasteiger partial charge is 0.369 e. The lowest BCUT2D eigenvalue weighted by Crippen LogP contribution is -2.21. The van der Waals surface area contributed by atoms with E-state index in [0.29, 0.717) is 11.3 Å². The number of hydrogen-bond acceptors (Lipinski definition) is 5. The molecule has 0 saturated heterocycles. The fraction of sp³-hybridized carbons (Fsp3) is 0.217. The van der Waals surface area contributed by atoms with Crippen molar-refractivity contribution >= 4 is 5.82 Å². The third-order valence-electron chi connectivity index (χ3n) is 5.40. The SMILES string of the molecule is Cc1nc2n3c(c(-c4cc[nH]c(=O)c4)cc-2c(=NC(C)c2ccccc2)n1)NCC3. The van der Waals surface area contributed by atoms with Crippen LogP contribution in [0.3, 0.4) is 0 Å². The minimum absolute atomic E-state index is 0.0388. The number of hydrogen-bond donors (Lipinski definition) is 2. The number of aromatic nitrogens is 4. The number of nitrogens with one attached hydrogen (secondary N) is 2. The number of pyridine rings is 2. The van der Waals surface area contributed by atoms with Crippen LogP contribution in [0.15, 0.2) is 64.5 Å². The molecule has 7 nitrogen and oxygen atoms in total. The zero-order chi connectivity index (χ0) is 20.7. The van der Waals surface area contributed by atoms with Crippen LogP contribution in [-0.2, 0) is 6.54 Å². The summed E-state index contributed by atoms with van der Waals surface area (Å²) in [6.07, 6.45) is 1.67. The van der Waals surface area contributed by atoms with Gasteiger partial charge in [0, 0.05) is 30.9 Å². The molecule has 2 N–H and O–H groups in total. The number of nitrogens with zero attached hydrogens (tertiary/aromatic N) is 4. The van der Waals surface area contributed by atoms with Crippen LogP contribution in [0.5, 0.6) is 0 Å². The van der Waals surface area contributed by atoms with Crippen molar-refractivity contribution in [2.24, 2.45) is 4.99 Å². The van der Waals surface area contributed by atoms with E-state index in [4.69, 9.17) is 9.98 Å². The van der Waals surface area contributed by atoms with Gasteiger partial charge < -0.3 is 14.9 Å². The first-order chi connectivity index (χ1) is 14.6. The van der Waals surface area contributed by atoms with Gasteiger partial charge in [-0.15, -0.1) is 0 Å². The van der Waals surface area contributed by atoms with Crippen LogP contribution in [-0.4, -0.2) is 26.1 Å². The third-order valence-corrected chi connectivity index (χ3v) is 5.40. The average Bonchev–Trinajstić information content (AvgIpc) is 3.24. The maximum Gasteiger partial charge on any atom is 0.248 e. The number of benzene rings is 1. The summed E-state index contributed by atoms with van der Waals surface area (Å²) in [5.41, 5.74) is 4.34. The van der Waals surface area contributed by atoms with Gasteiger partial charge in [0.25, 0.3) is 0 Å². The van der Waals surface area contributed by atoms with Gasteiger partial charge in [0.15, 0.2) is 5.49 Å². The van der Waals surface area contributed by atoms with E-state index in [2.05, 4.69) is 38.9 Å². The summed E-state index contributed by atoms with van der Waals surface area (Å²) in [6, 6.07) is 15.7. The molecule has 5 rings (SSSR count). The Labute approximate surface area is 173 Å². The van der Waals surface area contributed by atoms with Gasteiger partial charge in [0.1, 0.15) is 17.5 Å². The molecule has 1 aromatic carbocycles. The molecule has 0 spiro atoms. The van der Waals surface area contributed by atoms with Gasteiger partial charge in [-0.2, -0.15) is 0 Å². The Morgan fingerprint density at radius 2 is 1.93 bits per heavy atom. The molecule has 3 aliphatic rings. The van der Waals surface area contributed by atoms with Gasteiger partial charge >= 0.3 is 0 Å². The minimum atomic E-state index is -0.132. The van der Waals surface area contributed by atoms with Gasteiger partial charge in [0.2, 0.25) is 5.56 Å².